The Labute approximate surface area is 302 Å². The van der Waals surface area contributed by atoms with E-state index in [1.165, 1.54) is 25.3 Å². The normalized spacial score (nSPS) is 42.8. The molecule has 0 spiro atoms. The van der Waals surface area contributed by atoms with Gasteiger partial charge in [0, 0.05) is 29.9 Å². The van der Waals surface area contributed by atoms with Gasteiger partial charge in [-0.05, 0) is 55.2 Å². The van der Waals surface area contributed by atoms with Crippen LogP contribution in [0.5, 0.6) is 11.5 Å². The number of carbonyl (C=O) groups excluding carboxylic acids is 2. The molecule has 12 heteroatoms. The van der Waals surface area contributed by atoms with E-state index in [0.29, 0.717) is 11.1 Å². The van der Waals surface area contributed by atoms with Crippen LogP contribution in [0.3, 0.4) is 0 Å². The maximum atomic E-state index is 13.9. The predicted octanol–water partition coefficient (Wildman–Crippen LogP) is 3.59. The molecule has 12 atom stereocenters. The van der Waals surface area contributed by atoms with Crippen LogP contribution in [0.2, 0.25) is 0 Å². The summed E-state index contributed by atoms with van der Waals surface area (Å²) < 4.78 is 38.3. The zero-order chi connectivity index (χ0) is 37.4. The number of aromatic hydroxyl groups is 1. The number of aliphatic hydroxyl groups is 3. The number of epoxide rings is 1. The molecule has 3 heterocycles. The van der Waals surface area contributed by atoms with Gasteiger partial charge in [-0.2, -0.15) is 0 Å². The molecule has 52 heavy (non-hydrogen) atoms. The van der Waals surface area contributed by atoms with Gasteiger partial charge in [-0.15, -0.1) is 0 Å². The lowest BCUT2D eigenvalue weighted by Crippen LogP contribution is -2.76. The summed E-state index contributed by atoms with van der Waals surface area (Å²) in [5.41, 5.74) is -6.13. The highest BCUT2D eigenvalue weighted by atomic mass is 16.9. The zero-order valence-corrected chi connectivity index (χ0v) is 29.9. The Bertz CT molecular complexity index is 1830. The topological polar surface area (TPSA) is 174 Å². The molecule has 3 saturated heterocycles. The van der Waals surface area contributed by atoms with Gasteiger partial charge in [0.2, 0.25) is 0 Å². The molecular weight excluding hydrogens is 672 g/mol. The summed E-state index contributed by atoms with van der Waals surface area (Å²) in [7, 11) is 1.42. The number of hydrogen-bond donors (Lipinski definition) is 4. The average molecular weight is 719 g/mol. The van der Waals surface area contributed by atoms with Gasteiger partial charge in [-0.25, -0.2) is 4.79 Å². The molecule has 1 unspecified atom stereocenters. The third-order valence-corrected chi connectivity index (χ3v) is 11.9. The number of aliphatic hydroxyl groups excluding tert-OH is 2. The summed E-state index contributed by atoms with van der Waals surface area (Å²) in [5, 5.41) is 45.0. The summed E-state index contributed by atoms with van der Waals surface area (Å²) in [6.07, 6.45) is 12.2. The third kappa shape index (κ3) is 4.85. The van der Waals surface area contributed by atoms with Gasteiger partial charge in [0.25, 0.3) is 0 Å². The Hall–Kier alpha value is -3.88. The Balaban J connectivity index is 1.36. The Morgan fingerprint density at radius 2 is 1.87 bits per heavy atom. The SMILES string of the molecule is C=C(C)[C@@]12OC3(/C=C/C=C/C=C/CCC)O[C@@H]1[C@@H]1[C@@H]4O[C@]4(CO)[C@@H](O)[C@]4(O)C(=O)C(C)=C[C@H]4[C@@]1(O3)[C@H](C)[C@H]2OC(=O)/C=C/c1ccc(O)c(OC)c1. The third-order valence-electron chi connectivity index (χ3n) is 11.9. The van der Waals surface area contributed by atoms with Crippen LogP contribution in [0.25, 0.3) is 6.08 Å². The second kappa shape index (κ2) is 12.6. The van der Waals surface area contributed by atoms with E-state index in [1.807, 2.05) is 18.2 Å². The lowest BCUT2D eigenvalue weighted by molar-refractivity contribution is -0.407. The number of methoxy groups -OCH3 is 1. The number of Topliss-reactive ketones (excluding diaryl/α,β-unsaturated/α-hetero) is 1. The molecule has 5 fully saturated rings. The quantitative estimate of drug-likeness (QED) is 0.0863. The number of unbranched alkanes of at least 4 members (excludes halogenated alkanes) is 1. The second-order valence-electron chi connectivity index (χ2n) is 14.7. The van der Waals surface area contributed by atoms with Crippen LogP contribution in [0.4, 0.5) is 0 Å². The second-order valence-corrected chi connectivity index (χ2v) is 14.7. The summed E-state index contributed by atoms with van der Waals surface area (Å²) in [5.74, 6) is -6.10. The number of allylic oxidation sites excluding steroid dienone is 5. The highest BCUT2D eigenvalue weighted by molar-refractivity contribution is 6.05. The zero-order valence-electron chi connectivity index (χ0n) is 29.9. The first kappa shape index (κ1) is 36.5. The lowest BCUT2D eigenvalue weighted by atomic mass is 9.53. The van der Waals surface area contributed by atoms with Crippen LogP contribution in [-0.2, 0) is 33.3 Å². The minimum atomic E-state index is -2.47. The molecule has 4 N–H and O–H groups in total. The predicted molar refractivity (Wildman–Crippen MR) is 187 cm³/mol. The van der Waals surface area contributed by atoms with Crippen LogP contribution in [0.15, 0.2) is 84.5 Å². The highest BCUT2D eigenvalue weighted by Crippen LogP contribution is 2.73. The first-order valence-corrected chi connectivity index (χ1v) is 17.7. The summed E-state index contributed by atoms with van der Waals surface area (Å²) in [4.78, 5) is 27.7. The summed E-state index contributed by atoms with van der Waals surface area (Å²) in [6.45, 7) is 10.8. The van der Waals surface area contributed by atoms with Crippen LogP contribution in [0.1, 0.15) is 46.1 Å². The summed E-state index contributed by atoms with van der Waals surface area (Å²) in [6, 6.07) is 4.61. The van der Waals surface area contributed by atoms with E-state index in [9.17, 15) is 30.0 Å². The van der Waals surface area contributed by atoms with Crippen molar-refractivity contribution < 1.29 is 58.4 Å². The van der Waals surface area contributed by atoms with Crippen LogP contribution in [-0.4, -0.2) is 98.7 Å². The number of fused-ring (bicyclic) bond motifs is 3. The van der Waals surface area contributed by atoms with Crippen molar-refractivity contribution >= 4 is 17.8 Å². The fourth-order valence-corrected chi connectivity index (χ4v) is 9.40. The van der Waals surface area contributed by atoms with Gasteiger partial charge in [0.05, 0.1) is 19.3 Å². The van der Waals surface area contributed by atoms with Crippen LogP contribution < -0.4 is 4.74 Å². The molecule has 7 rings (SSSR count). The van der Waals surface area contributed by atoms with Crippen molar-refractivity contribution in [2.24, 2.45) is 17.8 Å². The van der Waals surface area contributed by atoms with E-state index in [1.54, 1.807) is 57.2 Å². The van der Waals surface area contributed by atoms with Crippen LogP contribution >= 0.6 is 0 Å². The van der Waals surface area contributed by atoms with Gasteiger partial charge >= 0.3 is 11.9 Å². The summed E-state index contributed by atoms with van der Waals surface area (Å²) >= 11 is 0. The van der Waals surface area contributed by atoms with Crippen molar-refractivity contribution in [2.45, 2.75) is 93.3 Å². The largest absolute Gasteiger partial charge is 0.504 e. The number of ketones is 1. The maximum Gasteiger partial charge on any atom is 0.331 e. The van der Waals surface area contributed by atoms with Gasteiger partial charge in [0.1, 0.15) is 30.0 Å². The fraction of sp³-hybridized carbons (Fsp3) is 0.500. The lowest BCUT2D eigenvalue weighted by Gasteiger charge is -2.61. The first-order chi connectivity index (χ1) is 24.7. The number of esters is 1. The van der Waals surface area contributed by atoms with E-state index in [-0.39, 0.29) is 17.1 Å². The fourth-order valence-electron chi connectivity index (χ4n) is 9.40. The number of phenols is 1. The van der Waals surface area contributed by atoms with Crippen molar-refractivity contribution in [2.75, 3.05) is 13.7 Å². The van der Waals surface area contributed by atoms with E-state index in [0.717, 1.165) is 12.8 Å². The van der Waals surface area contributed by atoms with Gasteiger partial charge < -0.3 is 48.8 Å². The molecule has 12 nitrogen and oxygen atoms in total. The molecule has 1 aromatic carbocycles. The molecular formula is C40H46O12. The monoisotopic (exact) mass is 718 g/mol. The molecule has 3 aliphatic heterocycles. The molecule has 0 amide bonds. The molecule has 278 valence electrons. The number of phenolic OH excluding ortho intramolecular Hbond substituents is 1. The highest BCUT2D eigenvalue weighted by Gasteiger charge is 2.90. The number of rotatable bonds is 11. The number of benzene rings is 1. The van der Waals surface area contributed by atoms with Gasteiger partial charge in [0.15, 0.2) is 28.5 Å². The smallest absolute Gasteiger partial charge is 0.331 e. The van der Waals surface area contributed by atoms with Gasteiger partial charge in [-0.1, -0.05) is 69.4 Å². The first-order valence-electron chi connectivity index (χ1n) is 17.7. The molecule has 0 radical (unpaired) electrons. The van der Waals surface area contributed by atoms with E-state index in [4.69, 9.17) is 28.4 Å². The molecule has 6 aliphatic rings. The Kier molecular flexibility index (Phi) is 8.85. The Morgan fingerprint density at radius 3 is 2.56 bits per heavy atom. The number of carbonyl (C=O) groups is 2. The van der Waals surface area contributed by atoms with E-state index in [2.05, 4.69) is 13.5 Å². The molecule has 0 aromatic heterocycles. The van der Waals surface area contributed by atoms with Crippen LogP contribution in [0, 0.1) is 17.8 Å². The van der Waals surface area contributed by atoms with E-state index >= 15 is 0 Å². The molecule has 3 aliphatic carbocycles. The molecule has 1 aromatic rings. The Morgan fingerprint density at radius 1 is 1.12 bits per heavy atom. The van der Waals surface area contributed by atoms with Crippen molar-refractivity contribution in [1.82, 2.24) is 0 Å². The number of ether oxygens (including phenoxy) is 6. The maximum absolute atomic E-state index is 13.9. The van der Waals surface area contributed by atoms with Crippen molar-refractivity contribution in [3.05, 3.63) is 90.1 Å². The van der Waals surface area contributed by atoms with Crippen molar-refractivity contribution in [1.29, 1.82) is 0 Å². The minimum absolute atomic E-state index is 0.0571. The standard InChI is InChI=1S/C40H46O12/c1-7-8-9-10-11-12-13-18-37-50-34-30-33-36(21-41,49-33)35(45)38(46)28(19-23(4)31(38)44)40(30,52-37)24(5)32(39(34,51-37)22(2)3)48-29(43)17-15-25-14-16-26(42)27(20-25)47-6/h9-20,24,28,30,32-35,41-42,45-46H,2,7-8,21H2,1,3-6H3/b10-9+,12-11+,17-15+,18-13+/t24-,28-,30+,32-,33+,34-,35-,36+,37?,38-,39+,40+/m1/s1. The number of hydrogen-bond acceptors (Lipinski definition) is 12. The molecule has 2 saturated carbocycles. The average Bonchev–Trinajstić information content (AvgIpc) is 3.75. The van der Waals surface area contributed by atoms with Crippen molar-refractivity contribution in [3.8, 4) is 11.5 Å². The van der Waals surface area contributed by atoms with E-state index < -0.39 is 88.9 Å². The minimum Gasteiger partial charge on any atom is -0.504 e. The van der Waals surface area contributed by atoms with Crippen molar-refractivity contribution in [3.63, 3.8) is 0 Å². The molecule has 3 bridgehead atoms. The van der Waals surface area contributed by atoms with Gasteiger partial charge in [-0.3, -0.25) is 4.79 Å².